The Kier molecular flexibility index (Phi) is 16.0. The molecule has 1 unspecified atom stereocenters. The Morgan fingerprint density at radius 3 is 1.96 bits per heavy atom. The van der Waals surface area contributed by atoms with Gasteiger partial charge in [-0.25, -0.2) is 0 Å². The Hall–Kier alpha value is -1.06. The maximum atomic E-state index is 11.7. The summed E-state index contributed by atoms with van der Waals surface area (Å²) in [6, 6.07) is 0. The first-order valence-electron chi connectivity index (χ1n) is 9.95. The summed E-state index contributed by atoms with van der Waals surface area (Å²) in [6.07, 6.45) is 12.8. The van der Waals surface area contributed by atoms with Gasteiger partial charge in [0, 0.05) is 0 Å². The van der Waals surface area contributed by atoms with Crippen molar-refractivity contribution in [1.29, 1.82) is 0 Å². The Morgan fingerprint density at radius 1 is 0.750 bits per heavy atom. The lowest BCUT2D eigenvalue weighted by Gasteiger charge is -2.13. The molecule has 0 radical (unpaired) electrons. The second-order valence-electron chi connectivity index (χ2n) is 6.64. The third-order valence-electron chi connectivity index (χ3n) is 4.09. The van der Waals surface area contributed by atoms with Crippen LogP contribution >= 0.6 is 0 Å². The molecule has 0 aromatic heterocycles. The quantitative estimate of drug-likeness (QED) is 0.272. The van der Waals surface area contributed by atoms with Crippen LogP contribution in [0.2, 0.25) is 0 Å². The van der Waals surface area contributed by atoms with Crippen molar-refractivity contribution in [3.63, 3.8) is 0 Å². The van der Waals surface area contributed by atoms with Crippen molar-refractivity contribution in [2.24, 2.45) is 0 Å². The van der Waals surface area contributed by atoms with Gasteiger partial charge in [-0.15, -0.1) is 0 Å². The lowest BCUT2D eigenvalue weighted by Crippen LogP contribution is -2.16. The highest BCUT2D eigenvalue weighted by atomic mass is 16.5. The SMILES string of the molecule is CCCCCCCCOC(=O)CCC(=O)OC(C)CCCCCC. The number of rotatable bonds is 16. The molecule has 0 aliphatic rings. The molecule has 1 atom stereocenters. The monoisotopic (exact) mass is 342 g/mol. The second-order valence-corrected chi connectivity index (χ2v) is 6.64. The zero-order chi connectivity index (χ0) is 18.0. The molecule has 0 aliphatic carbocycles. The molecule has 0 rings (SSSR count). The summed E-state index contributed by atoms with van der Waals surface area (Å²) < 4.78 is 10.5. The Labute approximate surface area is 148 Å². The van der Waals surface area contributed by atoms with E-state index in [1.165, 1.54) is 44.9 Å². The van der Waals surface area contributed by atoms with E-state index >= 15 is 0 Å². The van der Waals surface area contributed by atoms with E-state index in [0.29, 0.717) is 6.61 Å². The number of hydrogen-bond donors (Lipinski definition) is 0. The van der Waals surface area contributed by atoms with E-state index in [1.807, 2.05) is 6.92 Å². The maximum Gasteiger partial charge on any atom is 0.306 e. The molecular formula is C20H38O4. The first-order valence-corrected chi connectivity index (χ1v) is 9.95. The minimum absolute atomic E-state index is 0.0616. The highest BCUT2D eigenvalue weighted by Gasteiger charge is 2.12. The van der Waals surface area contributed by atoms with Gasteiger partial charge in [-0.05, 0) is 26.2 Å². The van der Waals surface area contributed by atoms with Gasteiger partial charge in [0.15, 0.2) is 0 Å². The molecule has 0 amide bonds. The third kappa shape index (κ3) is 15.8. The van der Waals surface area contributed by atoms with Gasteiger partial charge in [0.05, 0.1) is 25.6 Å². The topological polar surface area (TPSA) is 52.6 Å². The zero-order valence-electron chi connectivity index (χ0n) is 16.1. The van der Waals surface area contributed by atoms with Gasteiger partial charge in [-0.1, -0.05) is 65.2 Å². The molecule has 0 N–H and O–H groups in total. The molecule has 0 fully saturated rings. The molecule has 0 aromatic carbocycles. The molecule has 0 saturated heterocycles. The van der Waals surface area contributed by atoms with Crippen LogP contribution in [0.15, 0.2) is 0 Å². The second kappa shape index (κ2) is 16.8. The summed E-state index contributed by atoms with van der Waals surface area (Å²) in [6.45, 7) is 6.75. The largest absolute Gasteiger partial charge is 0.466 e. The minimum atomic E-state index is -0.297. The van der Waals surface area contributed by atoms with Crippen molar-refractivity contribution >= 4 is 11.9 Å². The predicted molar refractivity (Wildman–Crippen MR) is 97.9 cm³/mol. The van der Waals surface area contributed by atoms with Gasteiger partial charge in [-0.2, -0.15) is 0 Å². The first-order chi connectivity index (χ1) is 11.6. The average Bonchev–Trinajstić information content (AvgIpc) is 2.56. The van der Waals surface area contributed by atoms with E-state index in [-0.39, 0.29) is 30.9 Å². The van der Waals surface area contributed by atoms with Crippen LogP contribution in [0.5, 0.6) is 0 Å². The molecule has 0 bridgehead atoms. The van der Waals surface area contributed by atoms with E-state index in [0.717, 1.165) is 25.7 Å². The zero-order valence-corrected chi connectivity index (χ0v) is 16.1. The fourth-order valence-corrected chi connectivity index (χ4v) is 2.55. The van der Waals surface area contributed by atoms with Crippen LogP contribution in [0.4, 0.5) is 0 Å². The fourth-order valence-electron chi connectivity index (χ4n) is 2.55. The fraction of sp³-hybridized carbons (Fsp3) is 0.900. The molecule has 0 aliphatic heterocycles. The molecule has 0 heterocycles. The lowest BCUT2D eigenvalue weighted by atomic mass is 10.1. The maximum absolute atomic E-state index is 11.7. The molecule has 0 saturated carbocycles. The molecule has 0 aromatic rings. The Balaban J connectivity index is 3.52. The highest BCUT2D eigenvalue weighted by molar-refractivity contribution is 5.77. The summed E-state index contributed by atoms with van der Waals surface area (Å²) in [5.41, 5.74) is 0. The molecule has 0 spiro atoms. The summed E-state index contributed by atoms with van der Waals surface area (Å²) in [4.78, 5) is 23.3. The molecule has 142 valence electrons. The van der Waals surface area contributed by atoms with Crippen molar-refractivity contribution in [3.05, 3.63) is 0 Å². The summed E-state index contributed by atoms with van der Waals surface area (Å²) in [5, 5.41) is 0. The average molecular weight is 343 g/mol. The third-order valence-corrected chi connectivity index (χ3v) is 4.09. The Morgan fingerprint density at radius 2 is 1.29 bits per heavy atom. The van der Waals surface area contributed by atoms with Gasteiger partial charge in [0.1, 0.15) is 0 Å². The van der Waals surface area contributed by atoms with Gasteiger partial charge >= 0.3 is 11.9 Å². The van der Waals surface area contributed by atoms with Crippen LogP contribution in [-0.4, -0.2) is 24.6 Å². The van der Waals surface area contributed by atoms with E-state index in [9.17, 15) is 9.59 Å². The number of hydrogen-bond acceptors (Lipinski definition) is 4. The molecule has 4 heteroatoms. The van der Waals surface area contributed by atoms with Crippen molar-refractivity contribution in [2.45, 2.75) is 110 Å². The first kappa shape index (κ1) is 22.9. The van der Waals surface area contributed by atoms with Gasteiger partial charge in [0.2, 0.25) is 0 Å². The van der Waals surface area contributed by atoms with E-state index in [2.05, 4.69) is 13.8 Å². The summed E-state index contributed by atoms with van der Waals surface area (Å²) in [5.74, 6) is -0.592. The molecule has 24 heavy (non-hydrogen) atoms. The number of esters is 2. The Bertz CT molecular complexity index is 315. The van der Waals surface area contributed by atoms with Gasteiger partial charge in [-0.3, -0.25) is 9.59 Å². The smallest absolute Gasteiger partial charge is 0.306 e. The van der Waals surface area contributed by atoms with Crippen LogP contribution in [-0.2, 0) is 19.1 Å². The van der Waals surface area contributed by atoms with Crippen LogP contribution in [0.3, 0.4) is 0 Å². The number of unbranched alkanes of at least 4 members (excludes halogenated alkanes) is 8. The van der Waals surface area contributed by atoms with Crippen LogP contribution in [0, 0.1) is 0 Å². The van der Waals surface area contributed by atoms with E-state index in [4.69, 9.17) is 9.47 Å². The minimum Gasteiger partial charge on any atom is -0.466 e. The lowest BCUT2D eigenvalue weighted by molar-refractivity contribution is -0.153. The summed E-state index contributed by atoms with van der Waals surface area (Å²) >= 11 is 0. The van der Waals surface area contributed by atoms with Crippen LogP contribution in [0.1, 0.15) is 104 Å². The predicted octanol–water partition coefficient (Wildman–Crippen LogP) is 5.57. The van der Waals surface area contributed by atoms with Crippen molar-refractivity contribution in [2.75, 3.05) is 6.61 Å². The van der Waals surface area contributed by atoms with E-state index in [1.54, 1.807) is 0 Å². The van der Waals surface area contributed by atoms with Gasteiger partial charge in [0.25, 0.3) is 0 Å². The number of ether oxygens (including phenoxy) is 2. The van der Waals surface area contributed by atoms with Crippen molar-refractivity contribution in [1.82, 2.24) is 0 Å². The van der Waals surface area contributed by atoms with Crippen molar-refractivity contribution in [3.8, 4) is 0 Å². The van der Waals surface area contributed by atoms with Crippen LogP contribution < -0.4 is 0 Å². The summed E-state index contributed by atoms with van der Waals surface area (Å²) in [7, 11) is 0. The number of carbonyl (C=O) groups is 2. The number of carbonyl (C=O) groups excluding carboxylic acids is 2. The van der Waals surface area contributed by atoms with Gasteiger partial charge < -0.3 is 9.47 Å². The van der Waals surface area contributed by atoms with Crippen molar-refractivity contribution < 1.29 is 19.1 Å². The highest BCUT2D eigenvalue weighted by Crippen LogP contribution is 2.09. The van der Waals surface area contributed by atoms with Crippen LogP contribution in [0.25, 0.3) is 0 Å². The normalized spacial score (nSPS) is 12.0. The standard InChI is InChI=1S/C20H38O4/c1-4-6-8-10-11-13-17-23-19(21)15-16-20(22)24-18(3)14-12-9-7-5-2/h18H,4-17H2,1-3H3. The van der Waals surface area contributed by atoms with E-state index < -0.39 is 0 Å². The molecular weight excluding hydrogens is 304 g/mol. The molecule has 4 nitrogen and oxygen atoms in total.